The fraction of sp³-hybridized carbons (Fsp3) is 0.200. The molecule has 28 heavy (non-hydrogen) atoms. The van der Waals surface area contributed by atoms with Crippen LogP contribution in [0.25, 0.3) is 0 Å². The van der Waals surface area contributed by atoms with Gasteiger partial charge in [-0.2, -0.15) is 9.98 Å². The lowest BCUT2D eigenvalue weighted by molar-refractivity contribution is 0.0432. The first-order valence-electron chi connectivity index (χ1n) is 8.34. The van der Waals surface area contributed by atoms with Crippen LogP contribution in [0.5, 0.6) is 0 Å². The Morgan fingerprint density at radius 2 is 1.04 bits per heavy atom. The third-order valence-electron chi connectivity index (χ3n) is 3.56. The van der Waals surface area contributed by atoms with Crippen molar-refractivity contribution in [3.63, 3.8) is 0 Å². The molecule has 0 amide bonds. The molecule has 0 saturated heterocycles. The van der Waals surface area contributed by atoms with Gasteiger partial charge in [0, 0.05) is 0 Å². The molecule has 0 radical (unpaired) electrons. The number of rotatable bonds is 9. The standard InChI is InChI=1S/C20H16N2O6/c23-13-21-17-7-3-15(4-8-17)19(25)27-11-1-2-12-28-20(26)16-5-9-18(10-6-16)22-14-24/h3-10H,1-2,11-12H2. The van der Waals surface area contributed by atoms with E-state index in [0.29, 0.717) is 35.3 Å². The van der Waals surface area contributed by atoms with Crippen LogP contribution in [0.2, 0.25) is 0 Å². The van der Waals surface area contributed by atoms with Crippen LogP contribution in [0.4, 0.5) is 11.4 Å². The average molecular weight is 380 g/mol. The maximum Gasteiger partial charge on any atom is 0.338 e. The van der Waals surface area contributed by atoms with E-state index in [2.05, 4.69) is 9.98 Å². The van der Waals surface area contributed by atoms with E-state index in [0.717, 1.165) is 0 Å². The fourth-order valence-corrected chi connectivity index (χ4v) is 2.15. The number of hydrogen-bond acceptors (Lipinski definition) is 8. The number of ether oxygens (including phenoxy) is 2. The summed E-state index contributed by atoms with van der Waals surface area (Å²) in [5.74, 6) is -0.978. The second kappa shape index (κ2) is 11.0. The van der Waals surface area contributed by atoms with Gasteiger partial charge in [-0.05, 0) is 61.4 Å². The number of isocyanates is 2. The van der Waals surface area contributed by atoms with Crippen LogP contribution in [0.1, 0.15) is 33.6 Å². The van der Waals surface area contributed by atoms with Crippen LogP contribution in [-0.4, -0.2) is 37.3 Å². The highest BCUT2D eigenvalue weighted by molar-refractivity contribution is 5.90. The molecule has 2 aromatic rings. The van der Waals surface area contributed by atoms with Crippen LogP contribution in [0, 0.1) is 0 Å². The summed E-state index contributed by atoms with van der Waals surface area (Å²) in [4.78, 5) is 50.9. The summed E-state index contributed by atoms with van der Waals surface area (Å²) in [6.45, 7) is 0.367. The number of esters is 2. The van der Waals surface area contributed by atoms with Crippen LogP contribution >= 0.6 is 0 Å². The summed E-state index contributed by atoms with van der Waals surface area (Å²) in [6.07, 6.45) is 3.89. The van der Waals surface area contributed by atoms with Gasteiger partial charge < -0.3 is 9.47 Å². The predicted octanol–water partition coefficient (Wildman–Crippen LogP) is 3.42. The van der Waals surface area contributed by atoms with E-state index < -0.39 is 11.9 Å². The number of carbonyl (C=O) groups excluding carboxylic acids is 4. The van der Waals surface area contributed by atoms with Crippen LogP contribution in [0.15, 0.2) is 58.5 Å². The summed E-state index contributed by atoms with van der Waals surface area (Å²) in [6, 6.07) is 12.1. The molecule has 0 spiro atoms. The third kappa shape index (κ3) is 6.46. The average Bonchev–Trinajstić information content (AvgIpc) is 2.72. The quantitative estimate of drug-likeness (QED) is 0.285. The summed E-state index contributed by atoms with van der Waals surface area (Å²) < 4.78 is 10.3. The van der Waals surface area contributed by atoms with E-state index in [1.807, 2.05) is 0 Å². The third-order valence-corrected chi connectivity index (χ3v) is 3.56. The monoisotopic (exact) mass is 380 g/mol. The topological polar surface area (TPSA) is 111 Å². The smallest absolute Gasteiger partial charge is 0.338 e. The molecule has 8 heteroatoms. The number of unbranched alkanes of at least 4 members (excludes halogenated alkanes) is 1. The molecule has 0 heterocycles. The predicted molar refractivity (Wildman–Crippen MR) is 98.2 cm³/mol. The van der Waals surface area contributed by atoms with Crippen molar-refractivity contribution in [3.05, 3.63) is 59.7 Å². The van der Waals surface area contributed by atoms with E-state index in [-0.39, 0.29) is 13.2 Å². The molecule has 0 aromatic heterocycles. The highest BCUT2D eigenvalue weighted by Crippen LogP contribution is 2.14. The van der Waals surface area contributed by atoms with E-state index in [4.69, 9.17) is 9.47 Å². The van der Waals surface area contributed by atoms with Gasteiger partial charge in [-0.15, -0.1) is 0 Å². The molecule has 0 aliphatic rings. The van der Waals surface area contributed by atoms with Crippen LogP contribution in [0.3, 0.4) is 0 Å². The molecule has 8 nitrogen and oxygen atoms in total. The lowest BCUT2D eigenvalue weighted by Gasteiger charge is -2.06. The molecule has 2 aromatic carbocycles. The Bertz CT molecular complexity index is 831. The zero-order valence-electron chi connectivity index (χ0n) is 14.8. The second-order valence-electron chi connectivity index (χ2n) is 5.48. The fourth-order valence-electron chi connectivity index (χ4n) is 2.15. The Balaban J connectivity index is 1.65. The first-order valence-corrected chi connectivity index (χ1v) is 8.34. The Hall–Kier alpha value is -3.86. The lowest BCUT2D eigenvalue weighted by atomic mass is 10.2. The lowest BCUT2D eigenvalue weighted by Crippen LogP contribution is -2.09. The zero-order chi connectivity index (χ0) is 20.2. The van der Waals surface area contributed by atoms with Crippen molar-refractivity contribution in [1.29, 1.82) is 0 Å². The SMILES string of the molecule is O=C=Nc1ccc(C(=O)OCCCCOC(=O)c2ccc(N=C=O)cc2)cc1. The van der Waals surface area contributed by atoms with Crippen molar-refractivity contribution >= 4 is 35.5 Å². The van der Waals surface area contributed by atoms with E-state index in [1.165, 1.54) is 60.7 Å². The summed E-state index contributed by atoms with van der Waals surface area (Å²) in [5, 5.41) is 0. The molecule has 2 rings (SSSR count). The molecule has 0 bridgehead atoms. The zero-order valence-corrected chi connectivity index (χ0v) is 14.8. The molecule has 0 saturated carbocycles. The van der Waals surface area contributed by atoms with E-state index >= 15 is 0 Å². The molecule has 142 valence electrons. The minimum atomic E-state index is -0.489. The molecule has 0 fully saturated rings. The molecule has 0 aliphatic carbocycles. The minimum absolute atomic E-state index is 0.184. The Morgan fingerprint density at radius 1 is 0.679 bits per heavy atom. The van der Waals surface area contributed by atoms with Gasteiger partial charge in [0.25, 0.3) is 0 Å². The Kier molecular flexibility index (Phi) is 8.02. The molecule has 0 unspecified atom stereocenters. The maximum atomic E-state index is 11.9. The molecule has 0 N–H and O–H groups in total. The van der Waals surface area contributed by atoms with Crippen molar-refractivity contribution in [3.8, 4) is 0 Å². The number of benzene rings is 2. The number of nitrogens with zero attached hydrogens (tertiary/aromatic N) is 2. The number of hydrogen-bond donors (Lipinski definition) is 0. The van der Waals surface area contributed by atoms with Gasteiger partial charge in [0.1, 0.15) is 0 Å². The number of carbonyl (C=O) groups is 2. The van der Waals surface area contributed by atoms with Crippen molar-refractivity contribution in [2.75, 3.05) is 13.2 Å². The summed E-state index contributed by atoms with van der Waals surface area (Å²) in [5.41, 5.74) is 1.50. The molecular formula is C20H16N2O6. The Labute approximate surface area is 160 Å². The normalized spacial score (nSPS) is 9.57. The highest BCUT2D eigenvalue weighted by atomic mass is 16.5. The van der Waals surface area contributed by atoms with Gasteiger partial charge in [0.15, 0.2) is 0 Å². The van der Waals surface area contributed by atoms with Crippen molar-refractivity contribution in [2.45, 2.75) is 12.8 Å². The summed E-state index contributed by atoms with van der Waals surface area (Å²) >= 11 is 0. The Morgan fingerprint density at radius 3 is 1.36 bits per heavy atom. The molecule has 0 atom stereocenters. The van der Waals surface area contributed by atoms with Crippen LogP contribution in [-0.2, 0) is 19.1 Å². The van der Waals surface area contributed by atoms with Gasteiger partial charge in [0.2, 0.25) is 12.2 Å². The van der Waals surface area contributed by atoms with Gasteiger partial charge in [0.05, 0.1) is 35.7 Å². The van der Waals surface area contributed by atoms with Crippen molar-refractivity contribution in [1.82, 2.24) is 0 Å². The minimum Gasteiger partial charge on any atom is -0.462 e. The number of aliphatic imine (C=N–C) groups is 2. The van der Waals surface area contributed by atoms with Gasteiger partial charge in [-0.1, -0.05) is 0 Å². The van der Waals surface area contributed by atoms with Crippen LogP contribution < -0.4 is 0 Å². The van der Waals surface area contributed by atoms with E-state index in [9.17, 15) is 19.2 Å². The van der Waals surface area contributed by atoms with Crippen molar-refractivity contribution < 1.29 is 28.7 Å². The van der Waals surface area contributed by atoms with Gasteiger partial charge >= 0.3 is 11.9 Å². The first-order chi connectivity index (χ1) is 13.6. The summed E-state index contributed by atoms with van der Waals surface area (Å²) in [7, 11) is 0. The van der Waals surface area contributed by atoms with Crippen molar-refractivity contribution in [2.24, 2.45) is 9.98 Å². The molecular weight excluding hydrogens is 364 g/mol. The maximum absolute atomic E-state index is 11.9. The van der Waals surface area contributed by atoms with E-state index in [1.54, 1.807) is 0 Å². The largest absolute Gasteiger partial charge is 0.462 e. The highest BCUT2D eigenvalue weighted by Gasteiger charge is 2.08. The molecule has 0 aliphatic heterocycles. The van der Waals surface area contributed by atoms with Gasteiger partial charge in [-0.25, -0.2) is 19.2 Å². The first kappa shape index (κ1) is 20.5. The second-order valence-corrected chi connectivity index (χ2v) is 5.48. The van der Waals surface area contributed by atoms with Gasteiger partial charge in [-0.3, -0.25) is 0 Å².